The highest BCUT2D eigenvalue weighted by Crippen LogP contribution is 2.30. The molecule has 3 heteroatoms. The topological polar surface area (TPSA) is 29.3 Å². The molecule has 1 unspecified atom stereocenters. The lowest BCUT2D eigenvalue weighted by Crippen LogP contribution is -2.33. The number of nitrogens with zero attached hydrogens (tertiary/aromatic N) is 1. The number of fused-ring (bicyclic) bond motifs is 1. The number of nitrogens with two attached hydrogens (primary N) is 1. The maximum atomic E-state index is 13.6. The van der Waals surface area contributed by atoms with E-state index in [1.807, 2.05) is 12.1 Å². The van der Waals surface area contributed by atoms with E-state index in [0.29, 0.717) is 11.5 Å². The molecule has 1 aliphatic rings. The van der Waals surface area contributed by atoms with Gasteiger partial charge < -0.3 is 10.6 Å². The molecule has 3 rings (SSSR count). The summed E-state index contributed by atoms with van der Waals surface area (Å²) in [4.78, 5) is 2.39. The van der Waals surface area contributed by atoms with Crippen molar-refractivity contribution < 1.29 is 4.39 Å². The predicted octanol–water partition coefficient (Wildman–Crippen LogP) is 3.48. The fourth-order valence-corrected chi connectivity index (χ4v) is 3.16. The summed E-state index contributed by atoms with van der Waals surface area (Å²) in [6.07, 6.45) is 1.13. The minimum Gasteiger partial charge on any atom is -0.367 e. The Balaban J connectivity index is 1.88. The van der Waals surface area contributed by atoms with Crippen LogP contribution in [-0.4, -0.2) is 6.54 Å². The lowest BCUT2D eigenvalue weighted by molar-refractivity contribution is 0.530. The van der Waals surface area contributed by atoms with Gasteiger partial charge in [0.2, 0.25) is 0 Å². The smallest absolute Gasteiger partial charge is 0.127 e. The van der Waals surface area contributed by atoms with Crippen LogP contribution in [0.15, 0.2) is 42.5 Å². The van der Waals surface area contributed by atoms with Crippen molar-refractivity contribution >= 4 is 5.69 Å². The van der Waals surface area contributed by atoms with Gasteiger partial charge in [-0.1, -0.05) is 31.2 Å². The van der Waals surface area contributed by atoms with Crippen LogP contribution in [0.4, 0.5) is 10.1 Å². The van der Waals surface area contributed by atoms with Crippen molar-refractivity contribution in [3.63, 3.8) is 0 Å². The van der Waals surface area contributed by atoms with Gasteiger partial charge >= 0.3 is 0 Å². The average molecular weight is 284 g/mol. The molecule has 1 aliphatic heterocycles. The normalized spacial score (nSPS) is 17.7. The predicted molar refractivity (Wildman–Crippen MR) is 84.7 cm³/mol. The molecule has 0 saturated carbocycles. The standard InChI is InChI=1S/C18H21FN2/c1-13-8-15-4-2-3-5-18(15)21(11-13)12-14-6-7-17(19)16(9-14)10-20/h2-7,9,13H,8,10-12,20H2,1H3. The average Bonchev–Trinajstić information content (AvgIpc) is 2.49. The summed E-state index contributed by atoms with van der Waals surface area (Å²) in [5.41, 5.74) is 10.00. The molecule has 1 atom stereocenters. The molecule has 21 heavy (non-hydrogen) atoms. The molecule has 2 N–H and O–H groups in total. The molecule has 2 aromatic rings. The van der Waals surface area contributed by atoms with Gasteiger partial charge in [0.1, 0.15) is 5.82 Å². The molecular formula is C18H21FN2. The molecular weight excluding hydrogens is 263 g/mol. The SMILES string of the molecule is CC1Cc2ccccc2N(Cc2ccc(F)c(CN)c2)C1. The second-order valence-corrected chi connectivity index (χ2v) is 5.95. The largest absolute Gasteiger partial charge is 0.367 e. The molecule has 0 aliphatic carbocycles. The number of rotatable bonds is 3. The summed E-state index contributed by atoms with van der Waals surface area (Å²) in [5, 5.41) is 0. The number of halogens is 1. The summed E-state index contributed by atoms with van der Waals surface area (Å²) in [6.45, 7) is 4.35. The van der Waals surface area contributed by atoms with Crippen molar-refractivity contribution in [1.29, 1.82) is 0 Å². The van der Waals surface area contributed by atoms with Crippen LogP contribution in [0.2, 0.25) is 0 Å². The van der Waals surface area contributed by atoms with Crippen LogP contribution in [-0.2, 0) is 19.5 Å². The molecule has 0 amide bonds. The van der Waals surface area contributed by atoms with Crippen LogP contribution >= 0.6 is 0 Å². The number of hydrogen-bond donors (Lipinski definition) is 1. The fraction of sp³-hybridized carbons (Fsp3) is 0.333. The van der Waals surface area contributed by atoms with E-state index in [4.69, 9.17) is 5.73 Å². The van der Waals surface area contributed by atoms with Gasteiger partial charge in [-0.2, -0.15) is 0 Å². The van der Waals surface area contributed by atoms with Gasteiger partial charge in [0.05, 0.1) is 0 Å². The zero-order valence-electron chi connectivity index (χ0n) is 12.3. The molecule has 0 fully saturated rings. The van der Waals surface area contributed by atoms with Gasteiger partial charge in [-0.05, 0) is 41.7 Å². The van der Waals surface area contributed by atoms with Gasteiger partial charge in [0.25, 0.3) is 0 Å². The highest BCUT2D eigenvalue weighted by molar-refractivity contribution is 5.56. The van der Waals surface area contributed by atoms with Gasteiger partial charge in [0, 0.05) is 30.9 Å². The Labute approximate surface area is 125 Å². The summed E-state index contributed by atoms with van der Waals surface area (Å²) < 4.78 is 13.6. The van der Waals surface area contributed by atoms with E-state index in [1.165, 1.54) is 17.3 Å². The van der Waals surface area contributed by atoms with E-state index < -0.39 is 0 Å². The first-order chi connectivity index (χ1) is 10.2. The Hall–Kier alpha value is -1.87. The molecule has 0 radical (unpaired) electrons. The Morgan fingerprint density at radius 1 is 1.24 bits per heavy atom. The highest BCUT2D eigenvalue weighted by atomic mass is 19.1. The zero-order chi connectivity index (χ0) is 14.8. The van der Waals surface area contributed by atoms with Crippen LogP contribution in [0.25, 0.3) is 0 Å². The number of anilines is 1. The first-order valence-electron chi connectivity index (χ1n) is 7.47. The second-order valence-electron chi connectivity index (χ2n) is 5.95. The zero-order valence-corrected chi connectivity index (χ0v) is 12.3. The molecule has 2 aromatic carbocycles. The van der Waals surface area contributed by atoms with Crippen molar-refractivity contribution in [3.05, 3.63) is 65.0 Å². The van der Waals surface area contributed by atoms with Crippen molar-refractivity contribution in [2.45, 2.75) is 26.4 Å². The monoisotopic (exact) mass is 284 g/mol. The second kappa shape index (κ2) is 5.86. The molecule has 1 heterocycles. The molecule has 0 aromatic heterocycles. The van der Waals surface area contributed by atoms with E-state index in [-0.39, 0.29) is 12.4 Å². The molecule has 0 spiro atoms. The third-order valence-electron chi connectivity index (χ3n) is 4.14. The van der Waals surface area contributed by atoms with Crippen molar-refractivity contribution in [1.82, 2.24) is 0 Å². The maximum absolute atomic E-state index is 13.6. The number of para-hydroxylation sites is 1. The minimum atomic E-state index is -0.214. The van der Waals surface area contributed by atoms with Crippen LogP contribution in [0.3, 0.4) is 0 Å². The van der Waals surface area contributed by atoms with E-state index >= 15 is 0 Å². The van der Waals surface area contributed by atoms with Crippen molar-refractivity contribution in [2.75, 3.05) is 11.4 Å². The Morgan fingerprint density at radius 2 is 2.05 bits per heavy atom. The maximum Gasteiger partial charge on any atom is 0.127 e. The van der Waals surface area contributed by atoms with E-state index in [0.717, 1.165) is 25.1 Å². The van der Waals surface area contributed by atoms with Gasteiger partial charge in [0.15, 0.2) is 0 Å². The lowest BCUT2D eigenvalue weighted by Gasteiger charge is -2.35. The Morgan fingerprint density at radius 3 is 2.86 bits per heavy atom. The molecule has 0 bridgehead atoms. The van der Waals surface area contributed by atoms with Gasteiger partial charge in [-0.15, -0.1) is 0 Å². The minimum absolute atomic E-state index is 0.214. The van der Waals surface area contributed by atoms with Crippen molar-refractivity contribution in [3.8, 4) is 0 Å². The van der Waals surface area contributed by atoms with Crippen LogP contribution in [0.5, 0.6) is 0 Å². The number of hydrogen-bond acceptors (Lipinski definition) is 2. The van der Waals surface area contributed by atoms with Gasteiger partial charge in [-0.25, -0.2) is 4.39 Å². The highest BCUT2D eigenvalue weighted by Gasteiger charge is 2.21. The third-order valence-corrected chi connectivity index (χ3v) is 4.14. The summed E-state index contributed by atoms with van der Waals surface area (Å²) in [6, 6.07) is 13.8. The third kappa shape index (κ3) is 2.93. The Bertz CT molecular complexity index is 639. The quantitative estimate of drug-likeness (QED) is 0.935. The molecule has 110 valence electrons. The van der Waals surface area contributed by atoms with E-state index in [1.54, 1.807) is 0 Å². The Kier molecular flexibility index (Phi) is 3.93. The fourth-order valence-electron chi connectivity index (χ4n) is 3.16. The first-order valence-corrected chi connectivity index (χ1v) is 7.47. The van der Waals surface area contributed by atoms with Crippen LogP contribution in [0.1, 0.15) is 23.6 Å². The molecule has 0 saturated heterocycles. The summed E-state index contributed by atoms with van der Waals surface area (Å²) >= 11 is 0. The molecule has 2 nitrogen and oxygen atoms in total. The van der Waals surface area contributed by atoms with Crippen LogP contribution in [0, 0.1) is 11.7 Å². The van der Waals surface area contributed by atoms with E-state index in [9.17, 15) is 4.39 Å². The lowest BCUT2D eigenvalue weighted by atomic mass is 9.93. The van der Waals surface area contributed by atoms with E-state index in [2.05, 4.69) is 36.1 Å². The van der Waals surface area contributed by atoms with Crippen molar-refractivity contribution in [2.24, 2.45) is 11.7 Å². The summed E-state index contributed by atoms with van der Waals surface area (Å²) in [7, 11) is 0. The summed E-state index contributed by atoms with van der Waals surface area (Å²) in [5.74, 6) is 0.419. The van der Waals surface area contributed by atoms with Gasteiger partial charge in [-0.3, -0.25) is 0 Å². The number of benzene rings is 2. The van der Waals surface area contributed by atoms with Crippen LogP contribution < -0.4 is 10.6 Å². The first kappa shape index (κ1) is 14.1.